The molecule has 0 heterocycles. The lowest BCUT2D eigenvalue weighted by molar-refractivity contribution is -0.0504. The number of nitrogens with two attached hydrogens (primary N) is 1. The lowest BCUT2D eigenvalue weighted by Crippen LogP contribution is -2.37. The highest BCUT2D eigenvalue weighted by Gasteiger charge is 2.15. The Morgan fingerprint density at radius 2 is 2.00 bits per heavy atom. The van der Waals surface area contributed by atoms with Crippen LogP contribution in [0, 0.1) is 0 Å². The normalized spacial score (nSPS) is 11.4. The summed E-state index contributed by atoms with van der Waals surface area (Å²) in [6.45, 7) is -0.203. The van der Waals surface area contributed by atoms with Crippen molar-refractivity contribution in [2.24, 2.45) is 10.7 Å². The molecule has 4 N–H and O–H groups in total. The van der Waals surface area contributed by atoms with E-state index in [-0.39, 0.29) is 23.9 Å². The minimum Gasteiger partial charge on any atom is -0.433 e. The number of benzene rings is 2. The number of hydrogen-bond acceptors (Lipinski definition) is 3. The zero-order chi connectivity index (χ0) is 21.4. The monoisotopic (exact) mass is 444 g/mol. The first-order valence-corrected chi connectivity index (χ1v) is 9.39. The van der Waals surface area contributed by atoms with Crippen molar-refractivity contribution in [3.8, 4) is 5.75 Å². The molecule has 0 atom stereocenters. The van der Waals surface area contributed by atoms with Crippen molar-refractivity contribution >= 4 is 35.1 Å². The molecule has 1 amide bonds. The Bertz CT molecular complexity index is 895. The fourth-order valence-corrected chi connectivity index (χ4v) is 3.06. The molecule has 0 aliphatic carbocycles. The molecule has 0 unspecified atom stereocenters. The van der Waals surface area contributed by atoms with Crippen LogP contribution in [0.4, 0.5) is 8.78 Å². The Kier molecular flexibility index (Phi) is 8.48. The van der Waals surface area contributed by atoms with Gasteiger partial charge in [-0.1, -0.05) is 35.3 Å². The van der Waals surface area contributed by atoms with Gasteiger partial charge in [0, 0.05) is 29.2 Å². The Morgan fingerprint density at radius 1 is 1.24 bits per heavy atom. The molecule has 0 aliphatic heterocycles. The molecule has 0 saturated heterocycles. The quantitative estimate of drug-likeness (QED) is 0.424. The number of primary amides is 1. The molecule has 6 nitrogen and oxygen atoms in total. The number of carbonyl (C=O) groups is 1. The number of nitrogens with zero attached hydrogens (tertiary/aromatic N) is 1. The molecule has 2 aromatic rings. The summed E-state index contributed by atoms with van der Waals surface area (Å²) in [6, 6.07) is 9.61. The van der Waals surface area contributed by atoms with Gasteiger partial charge in [0.15, 0.2) is 5.96 Å². The molecule has 29 heavy (non-hydrogen) atoms. The summed E-state index contributed by atoms with van der Waals surface area (Å²) >= 11 is 12.0. The van der Waals surface area contributed by atoms with Crippen molar-refractivity contribution in [3.05, 3.63) is 63.1 Å². The van der Waals surface area contributed by atoms with E-state index in [1.807, 2.05) is 13.0 Å². The Labute approximate surface area is 177 Å². The topological polar surface area (TPSA) is 88.7 Å². The first-order valence-electron chi connectivity index (χ1n) is 8.63. The summed E-state index contributed by atoms with van der Waals surface area (Å²) in [7, 11) is 0. The smallest absolute Gasteiger partial charge is 0.387 e. The average Bonchev–Trinajstić information content (AvgIpc) is 2.66. The van der Waals surface area contributed by atoms with Crippen LogP contribution < -0.4 is 21.1 Å². The van der Waals surface area contributed by atoms with Gasteiger partial charge in [0.1, 0.15) is 5.75 Å². The van der Waals surface area contributed by atoms with Crippen LogP contribution in [0.2, 0.25) is 10.0 Å². The number of ether oxygens (including phenoxy) is 1. The van der Waals surface area contributed by atoms with Gasteiger partial charge in [-0.05, 0) is 36.8 Å². The molecule has 0 aliphatic rings. The van der Waals surface area contributed by atoms with Gasteiger partial charge < -0.3 is 21.1 Å². The van der Waals surface area contributed by atoms with Crippen LogP contribution in [0.5, 0.6) is 5.75 Å². The Hall–Kier alpha value is -2.58. The molecule has 0 fully saturated rings. The maximum Gasteiger partial charge on any atom is 0.387 e. The van der Waals surface area contributed by atoms with Gasteiger partial charge in [-0.25, -0.2) is 4.99 Å². The highest BCUT2D eigenvalue weighted by Crippen LogP contribution is 2.33. The van der Waals surface area contributed by atoms with Gasteiger partial charge in [-0.2, -0.15) is 8.78 Å². The van der Waals surface area contributed by atoms with E-state index in [1.54, 1.807) is 18.2 Å². The van der Waals surface area contributed by atoms with Gasteiger partial charge in [0.05, 0.1) is 11.6 Å². The van der Waals surface area contributed by atoms with E-state index in [2.05, 4.69) is 20.4 Å². The first-order chi connectivity index (χ1) is 13.8. The Morgan fingerprint density at radius 3 is 2.66 bits per heavy atom. The van der Waals surface area contributed by atoms with Gasteiger partial charge in [0.2, 0.25) is 5.91 Å². The minimum absolute atomic E-state index is 0.0141. The van der Waals surface area contributed by atoms with E-state index in [0.29, 0.717) is 28.7 Å². The summed E-state index contributed by atoms with van der Waals surface area (Å²) in [5.74, 6) is -0.245. The van der Waals surface area contributed by atoms with E-state index in [9.17, 15) is 13.6 Å². The van der Waals surface area contributed by atoms with Crippen molar-refractivity contribution in [3.63, 3.8) is 0 Å². The van der Waals surface area contributed by atoms with E-state index >= 15 is 0 Å². The molecule has 0 radical (unpaired) electrons. The molecule has 0 saturated carbocycles. The molecule has 0 bridgehead atoms. The van der Waals surface area contributed by atoms with Crippen LogP contribution in [-0.4, -0.2) is 25.0 Å². The molecule has 0 spiro atoms. The summed E-state index contributed by atoms with van der Waals surface area (Å²) in [6.07, 6.45) is 0. The summed E-state index contributed by atoms with van der Waals surface area (Å²) < 4.78 is 29.9. The second-order valence-electron chi connectivity index (χ2n) is 5.87. The van der Waals surface area contributed by atoms with Crippen molar-refractivity contribution in [1.29, 1.82) is 0 Å². The lowest BCUT2D eigenvalue weighted by Gasteiger charge is -2.16. The van der Waals surface area contributed by atoms with Crippen LogP contribution in [0.25, 0.3) is 0 Å². The number of hydrogen-bond donors (Lipinski definition) is 3. The summed E-state index contributed by atoms with van der Waals surface area (Å²) in [5.41, 5.74) is 6.81. The van der Waals surface area contributed by atoms with Gasteiger partial charge in [-0.15, -0.1) is 0 Å². The summed E-state index contributed by atoms with van der Waals surface area (Å²) in [4.78, 5) is 15.7. The summed E-state index contributed by atoms with van der Waals surface area (Å²) in [5, 5.41) is 6.34. The van der Waals surface area contributed by atoms with Crippen molar-refractivity contribution < 1.29 is 18.3 Å². The third-order valence-corrected chi connectivity index (χ3v) is 4.21. The molecular formula is C19H20Cl2F2N4O2. The third kappa shape index (κ3) is 7.07. The molecule has 10 heteroatoms. The van der Waals surface area contributed by atoms with Gasteiger partial charge in [-0.3, -0.25) is 4.79 Å². The van der Waals surface area contributed by atoms with E-state index < -0.39 is 12.5 Å². The van der Waals surface area contributed by atoms with E-state index in [4.69, 9.17) is 28.9 Å². The fourth-order valence-electron chi connectivity index (χ4n) is 2.48. The molecule has 2 aromatic carbocycles. The number of nitrogens with one attached hydrogen (secondary N) is 2. The lowest BCUT2D eigenvalue weighted by atomic mass is 10.1. The van der Waals surface area contributed by atoms with Crippen LogP contribution in [-0.2, 0) is 13.1 Å². The highest BCUT2D eigenvalue weighted by molar-refractivity contribution is 6.35. The number of halogens is 4. The minimum atomic E-state index is -3.02. The Balaban J connectivity index is 2.16. The number of amides is 1. The van der Waals surface area contributed by atoms with E-state index in [1.165, 1.54) is 12.1 Å². The maximum absolute atomic E-state index is 12.7. The number of aliphatic imine (C=N–C) groups is 1. The van der Waals surface area contributed by atoms with Crippen molar-refractivity contribution in [2.75, 3.05) is 6.54 Å². The fraction of sp³-hybridized carbons (Fsp3) is 0.263. The molecule has 156 valence electrons. The number of alkyl halides is 2. The predicted octanol–water partition coefficient (Wildman–Crippen LogP) is 3.95. The molecule has 2 rings (SSSR count). The average molecular weight is 445 g/mol. The molecule has 0 aromatic heterocycles. The third-order valence-electron chi connectivity index (χ3n) is 3.71. The zero-order valence-electron chi connectivity index (χ0n) is 15.5. The van der Waals surface area contributed by atoms with Crippen LogP contribution in [0.3, 0.4) is 0 Å². The van der Waals surface area contributed by atoms with E-state index in [0.717, 1.165) is 5.56 Å². The number of carbonyl (C=O) groups excluding carboxylic acids is 1. The SMILES string of the molecule is CCNC(=NCc1cccc(C(N)=O)c1)NCc1cc(Cl)cc(Cl)c1OC(F)F. The van der Waals surface area contributed by atoms with Crippen molar-refractivity contribution in [1.82, 2.24) is 10.6 Å². The predicted molar refractivity (Wildman–Crippen MR) is 110 cm³/mol. The number of guanidine groups is 1. The van der Waals surface area contributed by atoms with Crippen LogP contribution >= 0.6 is 23.2 Å². The first kappa shape index (κ1) is 22.7. The second-order valence-corrected chi connectivity index (χ2v) is 6.71. The second kappa shape index (κ2) is 10.8. The number of rotatable bonds is 8. The van der Waals surface area contributed by atoms with Crippen molar-refractivity contribution in [2.45, 2.75) is 26.6 Å². The maximum atomic E-state index is 12.7. The van der Waals surface area contributed by atoms with Crippen LogP contribution in [0.1, 0.15) is 28.4 Å². The molecular weight excluding hydrogens is 425 g/mol. The van der Waals surface area contributed by atoms with Crippen LogP contribution in [0.15, 0.2) is 41.4 Å². The van der Waals surface area contributed by atoms with Gasteiger partial charge in [0.25, 0.3) is 0 Å². The van der Waals surface area contributed by atoms with Gasteiger partial charge >= 0.3 is 6.61 Å². The highest BCUT2D eigenvalue weighted by atomic mass is 35.5. The zero-order valence-corrected chi connectivity index (χ0v) is 17.0. The standard InChI is InChI=1S/C19H20Cl2F2N4O2/c1-2-25-19(26-9-11-4-3-5-12(6-11)17(24)28)27-10-13-7-14(20)8-15(21)16(13)29-18(22)23/h3-8,18H,2,9-10H2,1H3,(H2,24,28)(H2,25,26,27). The largest absolute Gasteiger partial charge is 0.433 e.